The average molecular weight is 573 g/mol. The summed E-state index contributed by atoms with van der Waals surface area (Å²) >= 11 is 0. The van der Waals surface area contributed by atoms with Crippen molar-refractivity contribution in [3.05, 3.63) is 24.3 Å². The van der Waals surface area contributed by atoms with Gasteiger partial charge in [0.25, 0.3) is 0 Å². The molecule has 3 heteroatoms. The van der Waals surface area contributed by atoms with Crippen LogP contribution in [-0.2, 0) is 16.5 Å². The smallest absolute Gasteiger partial charge is 0.0571 e. The summed E-state index contributed by atoms with van der Waals surface area (Å²) in [6.07, 6.45) is 41.3. The van der Waals surface area contributed by atoms with Gasteiger partial charge in [0.05, 0.1) is 37.0 Å². The zero-order valence-electron chi connectivity index (χ0n) is 25.1. The first-order valence-electron chi connectivity index (χ1n) is 15.6. The Balaban J connectivity index is -0.000000444. The maximum atomic E-state index is 3.21. The molecule has 0 bridgehead atoms. The number of hydrogen-bond donors (Lipinski definition) is 0. The molecule has 0 unspecified atom stereocenters. The third-order valence-corrected chi connectivity index (χ3v) is 12.9. The van der Waals surface area contributed by atoms with E-state index in [0.717, 1.165) is 6.42 Å². The third kappa shape index (κ3) is 34.8. The SMILES string of the molecule is CCCC[PH+](CCCC)CCCC.CCCC[PH+](CCCC)CCCC.[C-]1=CCCC=CCC1.[Ni]. The molecular formula is C32H67NiP2+. The second kappa shape index (κ2) is 37.0. The van der Waals surface area contributed by atoms with Crippen molar-refractivity contribution in [1.29, 1.82) is 0 Å². The van der Waals surface area contributed by atoms with Gasteiger partial charge in [-0.15, -0.1) is 0 Å². The number of unbranched alkanes of at least 4 members (excludes halogenated alkanes) is 6. The van der Waals surface area contributed by atoms with E-state index in [1.807, 2.05) is 0 Å². The fourth-order valence-electron chi connectivity index (χ4n) is 4.10. The Morgan fingerprint density at radius 1 is 0.486 bits per heavy atom. The fraction of sp³-hybridized carbons (Fsp3) is 0.875. The van der Waals surface area contributed by atoms with Gasteiger partial charge >= 0.3 is 0 Å². The van der Waals surface area contributed by atoms with Gasteiger partial charge in [0.15, 0.2) is 0 Å². The van der Waals surface area contributed by atoms with Gasteiger partial charge in [-0.05, 0) is 44.9 Å². The Morgan fingerprint density at radius 2 is 0.800 bits per heavy atom. The van der Waals surface area contributed by atoms with Crippen LogP contribution in [0.4, 0.5) is 0 Å². The standard InChI is InChI=1S/2C12H27P.C8H11.Ni/c2*1-4-7-10-13(11-8-5-2)12-9-6-3;1-2-4-6-8-7-5-3-1;/h2*4-12H2,1-3H3;1-2,7H,3-6H2;/q;;-1;/p+2. The van der Waals surface area contributed by atoms with Crippen molar-refractivity contribution in [2.24, 2.45) is 0 Å². The van der Waals surface area contributed by atoms with Crippen LogP contribution < -0.4 is 0 Å². The van der Waals surface area contributed by atoms with Crippen LogP contribution in [-0.4, -0.2) is 37.0 Å². The molecule has 0 saturated heterocycles. The van der Waals surface area contributed by atoms with Gasteiger partial charge in [-0.3, -0.25) is 6.08 Å². The van der Waals surface area contributed by atoms with E-state index in [2.05, 4.69) is 65.8 Å². The summed E-state index contributed by atoms with van der Waals surface area (Å²) < 4.78 is 0. The van der Waals surface area contributed by atoms with E-state index in [9.17, 15) is 0 Å². The van der Waals surface area contributed by atoms with Gasteiger partial charge < -0.3 is 6.08 Å². The second-order valence-electron chi connectivity index (χ2n) is 10.1. The molecule has 0 nitrogen and oxygen atoms in total. The topological polar surface area (TPSA) is 0 Å². The summed E-state index contributed by atoms with van der Waals surface area (Å²) in [6, 6.07) is 0. The molecule has 214 valence electrons. The second-order valence-corrected chi connectivity index (χ2v) is 16.1. The zero-order chi connectivity index (χ0) is 25.5. The predicted molar refractivity (Wildman–Crippen MR) is 171 cm³/mol. The van der Waals surface area contributed by atoms with Crippen molar-refractivity contribution in [3.63, 3.8) is 0 Å². The maximum absolute atomic E-state index is 3.21. The Bertz CT molecular complexity index is 320. The summed E-state index contributed by atoms with van der Waals surface area (Å²) in [5.74, 6) is 0. The van der Waals surface area contributed by atoms with Gasteiger partial charge in [-0.25, -0.2) is 0 Å². The Hall–Kier alpha value is 0.834. The van der Waals surface area contributed by atoms with Gasteiger partial charge in [0, 0.05) is 32.3 Å². The monoisotopic (exact) mass is 571 g/mol. The molecule has 0 radical (unpaired) electrons. The summed E-state index contributed by atoms with van der Waals surface area (Å²) in [5, 5.41) is 0. The van der Waals surface area contributed by atoms with Crippen molar-refractivity contribution in [2.45, 2.75) is 144 Å². The molecule has 0 aromatic heterocycles. The molecule has 0 amide bonds. The first kappa shape index (κ1) is 40.3. The van der Waals surface area contributed by atoms with E-state index in [4.69, 9.17) is 0 Å². The minimum absolute atomic E-state index is 0. The molecule has 1 aliphatic rings. The van der Waals surface area contributed by atoms with Crippen LogP contribution in [0.15, 0.2) is 18.2 Å². The van der Waals surface area contributed by atoms with Crippen molar-refractivity contribution < 1.29 is 16.5 Å². The van der Waals surface area contributed by atoms with Crippen LogP contribution in [0.25, 0.3) is 0 Å². The van der Waals surface area contributed by atoms with Gasteiger partial charge in [-0.1, -0.05) is 105 Å². The molecule has 0 fully saturated rings. The van der Waals surface area contributed by atoms with Crippen LogP contribution in [0.1, 0.15) is 144 Å². The van der Waals surface area contributed by atoms with E-state index in [1.165, 1.54) is 96.3 Å². The fourth-order valence-corrected chi connectivity index (χ4v) is 10.7. The maximum Gasteiger partial charge on any atom is 0.0571 e. The van der Waals surface area contributed by atoms with E-state index >= 15 is 0 Å². The van der Waals surface area contributed by atoms with Crippen LogP contribution in [0, 0.1) is 6.08 Å². The molecule has 0 aliphatic heterocycles. The van der Waals surface area contributed by atoms with E-state index in [-0.39, 0.29) is 32.3 Å². The predicted octanol–water partition coefficient (Wildman–Crippen LogP) is 11.7. The minimum atomic E-state index is 0. The van der Waals surface area contributed by atoms with Gasteiger partial charge in [-0.2, -0.15) is 6.42 Å². The Labute approximate surface area is 237 Å². The van der Waals surface area contributed by atoms with Crippen molar-refractivity contribution in [1.82, 2.24) is 0 Å². The van der Waals surface area contributed by atoms with Crippen molar-refractivity contribution in [3.8, 4) is 0 Å². The van der Waals surface area contributed by atoms with Crippen LogP contribution >= 0.6 is 15.8 Å². The molecule has 0 spiro atoms. The summed E-state index contributed by atoms with van der Waals surface area (Å²) in [6.45, 7) is 13.9. The molecule has 1 rings (SSSR count). The summed E-state index contributed by atoms with van der Waals surface area (Å²) in [4.78, 5) is 0. The third-order valence-electron chi connectivity index (χ3n) is 6.55. The zero-order valence-corrected chi connectivity index (χ0v) is 28.1. The van der Waals surface area contributed by atoms with E-state index in [0.29, 0.717) is 0 Å². The van der Waals surface area contributed by atoms with Crippen LogP contribution in [0.3, 0.4) is 0 Å². The molecule has 0 atom stereocenters. The van der Waals surface area contributed by atoms with Crippen molar-refractivity contribution >= 4 is 15.8 Å². The van der Waals surface area contributed by atoms with E-state index < -0.39 is 0 Å². The van der Waals surface area contributed by atoms with Gasteiger partial charge in [0.1, 0.15) is 0 Å². The average Bonchev–Trinajstić information content (AvgIpc) is 2.83. The molecule has 0 aromatic carbocycles. The Kier molecular flexibility index (Phi) is 42.6. The summed E-state index contributed by atoms with van der Waals surface area (Å²) in [7, 11) is 0.135. The molecule has 35 heavy (non-hydrogen) atoms. The van der Waals surface area contributed by atoms with Crippen LogP contribution in [0.2, 0.25) is 0 Å². The van der Waals surface area contributed by atoms with E-state index in [1.54, 1.807) is 37.0 Å². The number of allylic oxidation sites excluding steroid dienone is 4. The van der Waals surface area contributed by atoms with Crippen LogP contribution in [0.5, 0.6) is 0 Å². The van der Waals surface area contributed by atoms with Gasteiger partial charge in [0.2, 0.25) is 0 Å². The molecule has 0 saturated carbocycles. The molecule has 0 aromatic rings. The first-order chi connectivity index (χ1) is 16.7. The van der Waals surface area contributed by atoms with Crippen molar-refractivity contribution in [2.75, 3.05) is 37.0 Å². The first-order valence-corrected chi connectivity index (χ1v) is 19.8. The molecule has 0 heterocycles. The quantitative estimate of drug-likeness (QED) is 0.0663. The largest absolute Gasteiger partial charge is 0.500 e. The molecule has 1 aliphatic carbocycles. The molecule has 0 N–H and O–H groups in total. The number of hydrogen-bond acceptors (Lipinski definition) is 0. The molecular weight excluding hydrogens is 505 g/mol. The summed E-state index contributed by atoms with van der Waals surface area (Å²) in [5.41, 5.74) is 0. The Morgan fingerprint density at radius 3 is 1.11 bits per heavy atom. The normalized spacial score (nSPS) is 12.8. The minimum Gasteiger partial charge on any atom is -0.500 e. The number of rotatable bonds is 18.